The van der Waals surface area contributed by atoms with Crippen LogP contribution in [0, 0.1) is 0 Å². The van der Waals surface area contributed by atoms with Crippen molar-refractivity contribution < 1.29 is 24.6 Å². The maximum atomic E-state index is 12.4. The van der Waals surface area contributed by atoms with E-state index in [-0.39, 0.29) is 11.8 Å². The summed E-state index contributed by atoms with van der Waals surface area (Å²) in [5.74, 6) is -3.31. The van der Waals surface area contributed by atoms with E-state index in [0.29, 0.717) is 5.52 Å². The molecule has 10 nitrogen and oxygen atoms in total. The van der Waals surface area contributed by atoms with E-state index in [1.165, 1.54) is 6.92 Å². The Balaban J connectivity index is 2.21. The van der Waals surface area contributed by atoms with E-state index in [9.17, 15) is 19.2 Å². The number of amides is 1. The molecule has 0 spiro atoms. The fraction of sp³-hybridized carbons (Fsp3) is 0.333. The number of carbonyl (C=O) groups is 3. The van der Waals surface area contributed by atoms with E-state index in [1.54, 1.807) is 24.3 Å². The van der Waals surface area contributed by atoms with Crippen molar-refractivity contribution in [1.29, 1.82) is 0 Å². The van der Waals surface area contributed by atoms with Gasteiger partial charge in [0.1, 0.15) is 17.6 Å². The van der Waals surface area contributed by atoms with Gasteiger partial charge in [-0.1, -0.05) is 17.3 Å². The minimum atomic E-state index is -1.38. The number of aromatic nitrogens is 3. The molecule has 0 fully saturated rings. The van der Waals surface area contributed by atoms with Crippen LogP contribution in [0.5, 0.6) is 0 Å². The van der Waals surface area contributed by atoms with Crippen LogP contribution in [0.25, 0.3) is 10.9 Å². The molecule has 25 heavy (non-hydrogen) atoms. The van der Waals surface area contributed by atoms with Gasteiger partial charge in [-0.3, -0.25) is 14.4 Å². The minimum Gasteiger partial charge on any atom is -0.481 e. The Labute approximate surface area is 141 Å². The Kier molecular flexibility index (Phi) is 5.42. The van der Waals surface area contributed by atoms with Crippen LogP contribution in [-0.4, -0.2) is 49.1 Å². The lowest BCUT2D eigenvalue weighted by atomic mass is 10.1. The molecule has 0 bridgehead atoms. The Bertz CT molecular complexity index is 878. The number of carboxylic acids is 2. The lowest BCUT2D eigenvalue weighted by molar-refractivity contribution is -0.143. The number of carboxylic acid groups (broad SMARTS) is 2. The molecule has 132 valence electrons. The highest BCUT2D eigenvalue weighted by atomic mass is 16.4. The maximum Gasteiger partial charge on any atom is 0.326 e. The van der Waals surface area contributed by atoms with Crippen molar-refractivity contribution in [3.05, 3.63) is 34.6 Å². The van der Waals surface area contributed by atoms with Crippen molar-refractivity contribution >= 4 is 28.7 Å². The van der Waals surface area contributed by atoms with Gasteiger partial charge in [-0.2, -0.15) is 4.68 Å². The number of hydrogen-bond acceptors (Lipinski definition) is 6. The van der Waals surface area contributed by atoms with Gasteiger partial charge in [0, 0.05) is 6.42 Å². The largest absolute Gasteiger partial charge is 0.481 e. The van der Waals surface area contributed by atoms with Crippen molar-refractivity contribution in [3.8, 4) is 0 Å². The van der Waals surface area contributed by atoms with Crippen molar-refractivity contribution in [2.24, 2.45) is 0 Å². The van der Waals surface area contributed by atoms with Crippen molar-refractivity contribution in [2.75, 3.05) is 0 Å². The Hall–Kier alpha value is -3.30. The highest BCUT2D eigenvalue weighted by Gasteiger charge is 2.26. The summed E-state index contributed by atoms with van der Waals surface area (Å²) < 4.78 is 0.855. The lowest BCUT2D eigenvalue weighted by Gasteiger charge is -2.18. The van der Waals surface area contributed by atoms with Crippen molar-refractivity contribution in [2.45, 2.75) is 31.8 Å². The second-order valence-electron chi connectivity index (χ2n) is 5.36. The minimum absolute atomic E-state index is 0.276. The summed E-state index contributed by atoms with van der Waals surface area (Å²) in [5, 5.41) is 27.8. The van der Waals surface area contributed by atoms with E-state index >= 15 is 0 Å². The summed E-state index contributed by atoms with van der Waals surface area (Å²) >= 11 is 0. The zero-order valence-corrected chi connectivity index (χ0v) is 13.2. The second kappa shape index (κ2) is 7.51. The quantitative estimate of drug-likeness (QED) is 0.621. The number of hydrogen-bond donors (Lipinski definition) is 3. The summed E-state index contributed by atoms with van der Waals surface area (Å²) in [5.41, 5.74) is -0.160. The van der Waals surface area contributed by atoms with Crippen LogP contribution in [0.3, 0.4) is 0 Å². The van der Waals surface area contributed by atoms with Crippen LogP contribution >= 0.6 is 0 Å². The standard InChI is InChI=1S/C15H16N4O6/c1-8(13(22)16-11(15(24)25)6-7-12(20)21)19-14(23)9-4-2-3-5-10(9)17-18-19/h2-5,8,11H,6-7H2,1H3,(H,16,22)(H,20,21)(H,24,25)/t8-,11-/m0/s1. The van der Waals surface area contributed by atoms with Gasteiger partial charge in [0.15, 0.2) is 0 Å². The molecule has 1 aromatic carbocycles. The van der Waals surface area contributed by atoms with Gasteiger partial charge in [0.25, 0.3) is 5.56 Å². The van der Waals surface area contributed by atoms with Crippen molar-refractivity contribution in [3.63, 3.8) is 0 Å². The van der Waals surface area contributed by atoms with Gasteiger partial charge in [-0.05, 0) is 25.5 Å². The highest BCUT2D eigenvalue weighted by Crippen LogP contribution is 2.08. The summed E-state index contributed by atoms with van der Waals surface area (Å²) in [4.78, 5) is 46.3. The average Bonchev–Trinajstić information content (AvgIpc) is 2.58. The van der Waals surface area contributed by atoms with E-state index in [0.717, 1.165) is 4.68 Å². The van der Waals surface area contributed by atoms with Crippen LogP contribution in [0.1, 0.15) is 25.8 Å². The molecule has 10 heteroatoms. The van der Waals surface area contributed by atoms with Crippen LogP contribution in [-0.2, 0) is 14.4 Å². The molecule has 2 rings (SSSR count). The molecule has 2 atom stereocenters. The third-order valence-corrected chi connectivity index (χ3v) is 3.60. The third-order valence-electron chi connectivity index (χ3n) is 3.60. The monoisotopic (exact) mass is 348 g/mol. The van der Waals surface area contributed by atoms with Gasteiger partial charge in [0.2, 0.25) is 5.91 Å². The molecule has 0 saturated carbocycles. The zero-order valence-electron chi connectivity index (χ0n) is 13.2. The number of fused-ring (bicyclic) bond motifs is 1. The van der Waals surface area contributed by atoms with Gasteiger partial charge < -0.3 is 15.5 Å². The first kappa shape index (κ1) is 18.0. The SMILES string of the molecule is C[C@@H](C(=O)N[C@@H](CCC(=O)O)C(=O)O)n1nnc2ccccc2c1=O. The molecule has 0 unspecified atom stereocenters. The Morgan fingerprint density at radius 3 is 2.56 bits per heavy atom. The van der Waals surface area contributed by atoms with Gasteiger partial charge in [-0.15, -0.1) is 5.10 Å². The summed E-state index contributed by atoms with van der Waals surface area (Å²) in [6, 6.07) is 3.99. The molecule has 1 aromatic heterocycles. The zero-order chi connectivity index (χ0) is 18.6. The number of nitrogens with zero attached hydrogens (tertiary/aromatic N) is 3. The topological polar surface area (TPSA) is 151 Å². The number of aliphatic carboxylic acids is 2. The van der Waals surface area contributed by atoms with Crippen LogP contribution in [0.2, 0.25) is 0 Å². The first-order valence-corrected chi connectivity index (χ1v) is 7.40. The molecule has 0 radical (unpaired) electrons. The van der Waals surface area contributed by atoms with E-state index in [2.05, 4.69) is 15.6 Å². The van der Waals surface area contributed by atoms with Gasteiger partial charge in [0.05, 0.1) is 5.39 Å². The molecule has 0 saturated heterocycles. The maximum absolute atomic E-state index is 12.4. The highest BCUT2D eigenvalue weighted by molar-refractivity contribution is 5.86. The smallest absolute Gasteiger partial charge is 0.326 e. The predicted molar refractivity (Wildman–Crippen MR) is 84.9 cm³/mol. The second-order valence-corrected chi connectivity index (χ2v) is 5.36. The van der Waals surface area contributed by atoms with Crippen LogP contribution in [0.15, 0.2) is 29.1 Å². The van der Waals surface area contributed by atoms with Crippen LogP contribution < -0.4 is 10.9 Å². The average molecular weight is 348 g/mol. The normalized spacial score (nSPS) is 13.2. The molecule has 1 amide bonds. The molecule has 2 aromatic rings. The van der Waals surface area contributed by atoms with Gasteiger partial charge in [-0.25, -0.2) is 4.79 Å². The Morgan fingerprint density at radius 1 is 1.24 bits per heavy atom. The number of carbonyl (C=O) groups excluding carboxylic acids is 1. The number of nitrogens with one attached hydrogen (secondary N) is 1. The first-order valence-electron chi connectivity index (χ1n) is 7.40. The molecule has 0 aliphatic rings. The van der Waals surface area contributed by atoms with Gasteiger partial charge >= 0.3 is 11.9 Å². The molecular weight excluding hydrogens is 332 g/mol. The van der Waals surface area contributed by atoms with Crippen molar-refractivity contribution in [1.82, 2.24) is 20.3 Å². The van der Waals surface area contributed by atoms with E-state index in [1.807, 2.05) is 0 Å². The predicted octanol–water partition coefficient (Wildman–Crippen LogP) is -0.213. The molecule has 1 heterocycles. The lowest BCUT2D eigenvalue weighted by Crippen LogP contribution is -2.45. The fourth-order valence-corrected chi connectivity index (χ4v) is 2.18. The van der Waals surface area contributed by atoms with E-state index < -0.39 is 41.9 Å². The summed E-state index contributed by atoms with van der Waals surface area (Å²) in [6.45, 7) is 1.37. The molecule has 0 aliphatic heterocycles. The molecule has 0 aliphatic carbocycles. The molecular formula is C15H16N4O6. The number of benzene rings is 1. The third kappa shape index (κ3) is 4.16. The Morgan fingerprint density at radius 2 is 1.92 bits per heavy atom. The van der Waals surface area contributed by atoms with E-state index in [4.69, 9.17) is 10.2 Å². The van der Waals surface area contributed by atoms with Crippen LogP contribution in [0.4, 0.5) is 0 Å². The molecule has 3 N–H and O–H groups in total. The summed E-state index contributed by atoms with van der Waals surface area (Å²) in [6.07, 6.45) is -0.692. The number of rotatable bonds is 7. The summed E-state index contributed by atoms with van der Waals surface area (Å²) in [7, 11) is 0. The fourth-order valence-electron chi connectivity index (χ4n) is 2.18. The first-order chi connectivity index (χ1) is 11.8.